The minimum atomic E-state index is -0.433. The molecule has 3 heteroatoms. The topological polar surface area (TPSA) is 35.8 Å². The van der Waals surface area contributed by atoms with Crippen molar-refractivity contribution in [3.8, 4) is 6.07 Å². The van der Waals surface area contributed by atoms with Gasteiger partial charge in [0.25, 0.3) is 0 Å². The smallest absolute Gasteiger partial charge is 0.299 e. The van der Waals surface area contributed by atoms with E-state index in [4.69, 9.17) is 5.26 Å². The molecule has 0 amide bonds. The molecule has 0 heterocycles. The van der Waals surface area contributed by atoms with Gasteiger partial charge in [-0.25, -0.2) is 0 Å². The number of nitrogens with zero attached hydrogens (tertiary/aromatic N) is 1. The normalized spacial score (nSPS) is 19.6. The van der Waals surface area contributed by atoms with E-state index in [1.54, 1.807) is 0 Å². The fraction of sp³-hybridized carbons (Fsp3) is 0.267. The van der Waals surface area contributed by atoms with E-state index >= 15 is 0 Å². The summed E-state index contributed by atoms with van der Waals surface area (Å²) in [5.41, 5.74) is -0.433. The third-order valence-corrected chi connectivity index (χ3v) is 2.30. The Bertz CT molecular complexity index is 228. The SMILES string of the molecule is CC(C)(C#N)NC[C]1[CH][CH][CH][CH]1.[CH]1[CH][CH][CH][CH]1.[Fe+2]. The average Bonchev–Trinajstić information content (AvgIpc) is 3.02. The van der Waals surface area contributed by atoms with Crippen molar-refractivity contribution in [2.45, 2.75) is 19.4 Å². The zero-order chi connectivity index (χ0) is 12.6. The van der Waals surface area contributed by atoms with Crippen molar-refractivity contribution in [1.82, 2.24) is 5.32 Å². The van der Waals surface area contributed by atoms with E-state index in [1.165, 1.54) is 5.92 Å². The first-order valence-corrected chi connectivity index (χ1v) is 5.67. The second-order valence-electron chi connectivity index (χ2n) is 4.35. The molecule has 2 fully saturated rings. The van der Waals surface area contributed by atoms with Gasteiger partial charge in [-0.3, -0.25) is 5.32 Å². The number of nitrogens with one attached hydrogen (secondary N) is 1. The second kappa shape index (κ2) is 9.84. The second-order valence-corrected chi connectivity index (χ2v) is 4.35. The van der Waals surface area contributed by atoms with Crippen LogP contribution >= 0.6 is 0 Å². The first-order valence-electron chi connectivity index (χ1n) is 5.67. The van der Waals surface area contributed by atoms with Gasteiger partial charge in [0.05, 0.1) is 6.07 Å². The van der Waals surface area contributed by atoms with Crippen molar-refractivity contribution in [3.63, 3.8) is 0 Å². The van der Waals surface area contributed by atoms with Gasteiger partial charge in [0, 0.05) is 6.54 Å². The van der Waals surface area contributed by atoms with Crippen LogP contribution in [0.3, 0.4) is 0 Å². The largest absolute Gasteiger partial charge is 2.00 e. The molecule has 0 aromatic carbocycles. The van der Waals surface area contributed by atoms with Crippen molar-refractivity contribution < 1.29 is 17.1 Å². The Morgan fingerprint density at radius 2 is 1.44 bits per heavy atom. The van der Waals surface area contributed by atoms with Crippen molar-refractivity contribution in [1.29, 1.82) is 5.26 Å². The van der Waals surface area contributed by atoms with E-state index < -0.39 is 5.54 Å². The molecule has 0 atom stereocenters. The molecule has 2 rings (SSSR count). The monoisotopic (exact) mass is 282 g/mol. The zero-order valence-corrected chi connectivity index (χ0v) is 11.8. The third-order valence-electron chi connectivity index (χ3n) is 2.30. The Labute approximate surface area is 123 Å². The van der Waals surface area contributed by atoms with Crippen molar-refractivity contribution in [2.75, 3.05) is 6.54 Å². The number of rotatable bonds is 3. The van der Waals surface area contributed by atoms with Gasteiger partial charge < -0.3 is 0 Å². The van der Waals surface area contributed by atoms with Gasteiger partial charge in [-0.05, 0) is 77.6 Å². The van der Waals surface area contributed by atoms with Gasteiger partial charge >= 0.3 is 17.1 Å². The standard InChI is InChI=1S/C10H13N2.C5H5.Fe/c1-10(2,8-11)12-7-9-5-3-4-6-9;1-2-4-5-3-1;/h3-6,12H,7H2,1-2H3;1-5H;/q;;+2. The Balaban J connectivity index is 0.000000405. The zero-order valence-electron chi connectivity index (χ0n) is 10.7. The van der Waals surface area contributed by atoms with Gasteiger partial charge in [0.2, 0.25) is 0 Å². The molecule has 0 spiro atoms. The minimum absolute atomic E-state index is 0. The van der Waals surface area contributed by atoms with Crippen LogP contribution in [0, 0.1) is 75.0 Å². The summed E-state index contributed by atoms with van der Waals surface area (Å²) in [5.74, 6) is 1.22. The quantitative estimate of drug-likeness (QED) is 0.806. The van der Waals surface area contributed by atoms with Crippen molar-refractivity contribution in [2.24, 2.45) is 0 Å². The maximum atomic E-state index is 8.71. The molecule has 2 nitrogen and oxygen atoms in total. The third kappa shape index (κ3) is 8.14. The van der Waals surface area contributed by atoms with Gasteiger partial charge in [-0.2, -0.15) is 5.26 Å². The van der Waals surface area contributed by atoms with Crippen molar-refractivity contribution >= 4 is 0 Å². The summed E-state index contributed by atoms with van der Waals surface area (Å²) >= 11 is 0. The Hall–Kier alpha value is -0.0305. The van der Waals surface area contributed by atoms with Crippen LogP contribution in [0.4, 0.5) is 0 Å². The van der Waals surface area contributed by atoms with Crippen LogP contribution in [0.2, 0.25) is 0 Å². The van der Waals surface area contributed by atoms with E-state index in [2.05, 4.69) is 11.4 Å². The molecule has 2 aliphatic carbocycles. The summed E-state index contributed by atoms with van der Waals surface area (Å²) in [6.45, 7) is 4.50. The molecule has 0 aromatic rings. The van der Waals surface area contributed by atoms with Crippen LogP contribution < -0.4 is 5.32 Å². The van der Waals surface area contributed by atoms with E-state index in [-0.39, 0.29) is 17.1 Å². The fourth-order valence-electron chi connectivity index (χ4n) is 1.22. The molecular formula is C15H18FeN2+2. The van der Waals surface area contributed by atoms with Gasteiger partial charge in [0.1, 0.15) is 5.54 Å². The summed E-state index contributed by atoms with van der Waals surface area (Å²) in [6, 6.07) is 2.19. The molecule has 94 valence electrons. The predicted molar refractivity (Wildman–Crippen MR) is 69.6 cm³/mol. The molecule has 0 aliphatic heterocycles. The first kappa shape index (κ1) is 18.0. The molecule has 0 bridgehead atoms. The summed E-state index contributed by atoms with van der Waals surface area (Å²) in [4.78, 5) is 0. The van der Waals surface area contributed by atoms with Crippen LogP contribution in [-0.4, -0.2) is 12.1 Å². The van der Waals surface area contributed by atoms with E-state index in [0.717, 1.165) is 6.54 Å². The summed E-state index contributed by atoms with van der Waals surface area (Å²) < 4.78 is 0. The van der Waals surface area contributed by atoms with Gasteiger partial charge in [-0.1, -0.05) is 0 Å². The molecular weight excluding hydrogens is 264 g/mol. The van der Waals surface area contributed by atoms with Crippen LogP contribution in [0.15, 0.2) is 0 Å². The van der Waals surface area contributed by atoms with Crippen molar-refractivity contribution in [3.05, 3.63) is 63.7 Å². The molecule has 1 N–H and O–H groups in total. The van der Waals surface area contributed by atoms with Crippen LogP contribution in [-0.2, 0) is 17.1 Å². The molecule has 0 saturated heterocycles. The van der Waals surface area contributed by atoms with E-state index in [9.17, 15) is 0 Å². The molecule has 2 aliphatic rings. The molecule has 18 heavy (non-hydrogen) atoms. The Morgan fingerprint density at radius 3 is 1.83 bits per heavy atom. The minimum Gasteiger partial charge on any atom is -0.299 e. The molecule has 0 unspecified atom stereocenters. The summed E-state index contributed by atoms with van der Waals surface area (Å²) in [7, 11) is 0. The van der Waals surface area contributed by atoms with Crippen LogP contribution in [0.1, 0.15) is 13.8 Å². The number of hydrogen-bond donors (Lipinski definition) is 1. The fourth-order valence-corrected chi connectivity index (χ4v) is 1.22. The van der Waals surface area contributed by atoms with Crippen LogP contribution in [0.25, 0.3) is 0 Å². The summed E-state index contributed by atoms with van der Waals surface area (Å²) in [5, 5.41) is 11.9. The number of nitriles is 1. The van der Waals surface area contributed by atoms with Crippen LogP contribution in [0.5, 0.6) is 0 Å². The first-order chi connectivity index (χ1) is 8.14. The molecule has 10 radical (unpaired) electrons. The maximum Gasteiger partial charge on any atom is 2.00 e. The van der Waals surface area contributed by atoms with E-state index in [1.807, 2.05) is 71.6 Å². The Kier molecular flexibility index (Phi) is 9.83. The molecule has 0 aromatic heterocycles. The van der Waals surface area contributed by atoms with Gasteiger partial charge in [0.15, 0.2) is 0 Å². The van der Waals surface area contributed by atoms with E-state index in [0.29, 0.717) is 0 Å². The predicted octanol–water partition coefficient (Wildman–Crippen LogP) is 2.30. The van der Waals surface area contributed by atoms with Gasteiger partial charge in [-0.15, -0.1) is 0 Å². The molecule has 2 saturated carbocycles. The summed E-state index contributed by atoms with van der Waals surface area (Å²) in [6.07, 6.45) is 18.1. The average molecular weight is 282 g/mol. The Morgan fingerprint density at radius 1 is 1.00 bits per heavy atom. The number of hydrogen-bond acceptors (Lipinski definition) is 2. The maximum absolute atomic E-state index is 8.71.